The molecule has 0 radical (unpaired) electrons. The molecule has 114 valence electrons. The maximum Gasteiger partial charge on any atom is 0.160 e. The van der Waals surface area contributed by atoms with Crippen molar-refractivity contribution in [2.24, 2.45) is 0 Å². The first-order chi connectivity index (χ1) is 10.0. The highest BCUT2D eigenvalue weighted by Gasteiger charge is 2.15. The summed E-state index contributed by atoms with van der Waals surface area (Å²) in [6.45, 7) is 8.68. The molecule has 0 atom stereocenters. The van der Waals surface area contributed by atoms with E-state index in [0.717, 1.165) is 30.1 Å². The first-order valence-corrected chi connectivity index (χ1v) is 7.38. The second-order valence-corrected chi connectivity index (χ2v) is 5.24. The molecular weight excluding hydrogens is 269 g/mol. The molecule has 0 saturated heterocycles. The lowest BCUT2D eigenvalue weighted by Gasteiger charge is -2.12. The van der Waals surface area contributed by atoms with E-state index < -0.39 is 0 Å². The summed E-state index contributed by atoms with van der Waals surface area (Å²) in [4.78, 5) is 8.71. The summed E-state index contributed by atoms with van der Waals surface area (Å²) in [5.41, 5.74) is 0.783. The van der Waals surface area contributed by atoms with E-state index in [1.165, 1.54) is 12.3 Å². The summed E-state index contributed by atoms with van der Waals surface area (Å²) in [5, 5.41) is 7.77. The van der Waals surface area contributed by atoms with Crippen molar-refractivity contribution in [3.63, 3.8) is 0 Å². The number of pyridine rings is 1. The zero-order valence-corrected chi connectivity index (χ0v) is 13.0. The molecule has 0 spiro atoms. The molecule has 2 rings (SSSR count). The van der Waals surface area contributed by atoms with Crippen molar-refractivity contribution in [3.05, 3.63) is 35.3 Å². The van der Waals surface area contributed by atoms with Crippen molar-refractivity contribution in [1.82, 2.24) is 25.1 Å². The summed E-state index contributed by atoms with van der Waals surface area (Å²) in [5.74, 6) is 1.93. The van der Waals surface area contributed by atoms with Gasteiger partial charge in [0.05, 0.1) is 6.20 Å². The van der Waals surface area contributed by atoms with Gasteiger partial charge in [0.15, 0.2) is 11.6 Å². The molecule has 6 heteroatoms. The average Bonchev–Trinajstić information content (AvgIpc) is 2.88. The zero-order chi connectivity index (χ0) is 15.4. The fourth-order valence-electron chi connectivity index (χ4n) is 2.05. The molecular formula is C15H22FN5. The summed E-state index contributed by atoms with van der Waals surface area (Å²) >= 11 is 0. The van der Waals surface area contributed by atoms with Gasteiger partial charge in [0.2, 0.25) is 0 Å². The standard InChI is InChI=1S/C15H22FN5/c1-5-13-19-14(6-2)21(20-13)15-11(8-17-10(3)4)7-12(16)9-18-15/h7,9-10,17H,5-6,8H2,1-4H3. The van der Waals surface area contributed by atoms with Gasteiger partial charge in [0.25, 0.3) is 0 Å². The summed E-state index contributed by atoms with van der Waals surface area (Å²) in [7, 11) is 0. The summed E-state index contributed by atoms with van der Waals surface area (Å²) < 4.78 is 15.2. The van der Waals surface area contributed by atoms with Crippen LogP contribution in [0.25, 0.3) is 5.82 Å². The summed E-state index contributed by atoms with van der Waals surface area (Å²) in [6.07, 6.45) is 2.74. The molecule has 1 N–H and O–H groups in total. The van der Waals surface area contributed by atoms with Crippen LogP contribution in [0.3, 0.4) is 0 Å². The smallest absolute Gasteiger partial charge is 0.160 e. The molecule has 0 aliphatic heterocycles. The van der Waals surface area contributed by atoms with Crippen molar-refractivity contribution in [1.29, 1.82) is 0 Å². The first-order valence-electron chi connectivity index (χ1n) is 7.38. The molecule has 2 aromatic rings. The normalized spacial score (nSPS) is 11.3. The van der Waals surface area contributed by atoms with Crippen LogP contribution in [0.5, 0.6) is 0 Å². The minimum atomic E-state index is -0.340. The Bertz CT molecular complexity index is 606. The van der Waals surface area contributed by atoms with Gasteiger partial charge in [0, 0.05) is 31.0 Å². The van der Waals surface area contributed by atoms with Gasteiger partial charge in [0.1, 0.15) is 11.6 Å². The Kier molecular flexibility index (Phi) is 5.01. The molecule has 0 aliphatic carbocycles. The van der Waals surface area contributed by atoms with Crippen molar-refractivity contribution in [2.45, 2.75) is 53.1 Å². The Morgan fingerprint density at radius 2 is 2.05 bits per heavy atom. The molecule has 0 unspecified atom stereocenters. The molecule has 5 nitrogen and oxygen atoms in total. The predicted molar refractivity (Wildman–Crippen MR) is 79.8 cm³/mol. The second kappa shape index (κ2) is 6.76. The van der Waals surface area contributed by atoms with Crippen molar-refractivity contribution in [2.75, 3.05) is 0 Å². The molecule has 0 saturated carbocycles. The van der Waals surface area contributed by atoms with Gasteiger partial charge < -0.3 is 5.32 Å². The van der Waals surface area contributed by atoms with E-state index in [-0.39, 0.29) is 5.82 Å². The van der Waals surface area contributed by atoms with Crippen LogP contribution in [0.2, 0.25) is 0 Å². The lowest BCUT2D eigenvalue weighted by molar-refractivity contribution is 0.572. The number of hydrogen-bond acceptors (Lipinski definition) is 4. The van der Waals surface area contributed by atoms with Crippen LogP contribution in [0.15, 0.2) is 12.3 Å². The molecule has 0 bridgehead atoms. The SMILES string of the molecule is CCc1nc(CC)n(-c2ncc(F)cc2CNC(C)C)n1. The van der Waals surface area contributed by atoms with Crippen LogP contribution >= 0.6 is 0 Å². The maximum atomic E-state index is 13.5. The third-order valence-electron chi connectivity index (χ3n) is 3.16. The zero-order valence-electron chi connectivity index (χ0n) is 13.0. The molecule has 0 aromatic carbocycles. The topological polar surface area (TPSA) is 55.6 Å². The number of aryl methyl sites for hydroxylation is 2. The van der Waals surface area contributed by atoms with Gasteiger partial charge in [-0.25, -0.2) is 14.4 Å². The third-order valence-corrected chi connectivity index (χ3v) is 3.16. The Morgan fingerprint density at radius 3 is 2.67 bits per heavy atom. The minimum Gasteiger partial charge on any atom is -0.310 e. The van der Waals surface area contributed by atoms with Crippen LogP contribution in [0.1, 0.15) is 44.9 Å². The van der Waals surface area contributed by atoms with E-state index in [0.29, 0.717) is 18.4 Å². The minimum absolute atomic E-state index is 0.314. The number of rotatable bonds is 6. The van der Waals surface area contributed by atoms with E-state index in [1.54, 1.807) is 4.68 Å². The quantitative estimate of drug-likeness (QED) is 0.888. The number of halogens is 1. The van der Waals surface area contributed by atoms with E-state index in [4.69, 9.17) is 0 Å². The fraction of sp³-hybridized carbons (Fsp3) is 0.533. The van der Waals surface area contributed by atoms with Crippen molar-refractivity contribution >= 4 is 0 Å². The van der Waals surface area contributed by atoms with Crippen LogP contribution in [-0.4, -0.2) is 25.8 Å². The highest BCUT2D eigenvalue weighted by molar-refractivity contribution is 5.34. The molecule has 0 fully saturated rings. The first kappa shape index (κ1) is 15.6. The molecule has 2 aromatic heterocycles. The van der Waals surface area contributed by atoms with Crippen molar-refractivity contribution in [3.8, 4) is 5.82 Å². The summed E-state index contributed by atoms with van der Waals surface area (Å²) in [6, 6.07) is 1.82. The number of aromatic nitrogens is 4. The highest BCUT2D eigenvalue weighted by Crippen LogP contribution is 2.15. The van der Waals surface area contributed by atoms with E-state index in [2.05, 4.69) is 34.2 Å². The van der Waals surface area contributed by atoms with Crippen LogP contribution in [0.4, 0.5) is 4.39 Å². The molecule has 21 heavy (non-hydrogen) atoms. The van der Waals surface area contributed by atoms with Gasteiger partial charge in [-0.2, -0.15) is 4.68 Å². The van der Waals surface area contributed by atoms with Gasteiger partial charge in [-0.05, 0) is 6.07 Å². The molecule has 2 heterocycles. The Morgan fingerprint density at radius 1 is 1.29 bits per heavy atom. The van der Waals surface area contributed by atoms with E-state index >= 15 is 0 Å². The fourth-order valence-corrected chi connectivity index (χ4v) is 2.05. The number of hydrogen-bond donors (Lipinski definition) is 1. The van der Waals surface area contributed by atoms with Gasteiger partial charge in [-0.1, -0.05) is 27.7 Å². The Hall–Kier alpha value is -1.82. The van der Waals surface area contributed by atoms with Crippen LogP contribution in [0, 0.1) is 5.82 Å². The van der Waals surface area contributed by atoms with Gasteiger partial charge in [-0.15, -0.1) is 5.10 Å². The van der Waals surface area contributed by atoms with Crippen LogP contribution < -0.4 is 5.32 Å². The largest absolute Gasteiger partial charge is 0.310 e. The average molecular weight is 291 g/mol. The molecule has 0 aliphatic rings. The van der Waals surface area contributed by atoms with Gasteiger partial charge in [-0.3, -0.25) is 0 Å². The molecule has 0 amide bonds. The Labute approximate surface area is 124 Å². The van der Waals surface area contributed by atoms with Crippen molar-refractivity contribution < 1.29 is 4.39 Å². The number of nitrogens with zero attached hydrogens (tertiary/aromatic N) is 4. The lowest BCUT2D eigenvalue weighted by atomic mass is 10.2. The Balaban J connectivity index is 2.44. The van der Waals surface area contributed by atoms with Crippen LogP contribution in [-0.2, 0) is 19.4 Å². The third kappa shape index (κ3) is 3.64. The van der Waals surface area contributed by atoms with E-state index in [9.17, 15) is 4.39 Å². The predicted octanol–water partition coefficient (Wildman–Crippen LogP) is 2.42. The van der Waals surface area contributed by atoms with E-state index in [1.807, 2.05) is 13.8 Å². The lowest BCUT2D eigenvalue weighted by Crippen LogP contribution is -2.23. The maximum absolute atomic E-state index is 13.5. The monoisotopic (exact) mass is 291 g/mol. The highest BCUT2D eigenvalue weighted by atomic mass is 19.1. The number of nitrogens with one attached hydrogen (secondary N) is 1. The van der Waals surface area contributed by atoms with Gasteiger partial charge >= 0.3 is 0 Å². The second-order valence-electron chi connectivity index (χ2n) is 5.24.